The van der Waals surface area contributed by atoms with Crippen LogP contribution < -0.4 is 14.8 Å². The van der Waals surface area contributed by atoms with Gasteiger partial charge in [0.05, 0.1) is 5.69 Å². The van der Waals surface area contributed by atoms with Crippen LogP contribution in [0.2, 0.25) is 0 Å². The number of hydrogen-bond donors (Lipinski definition) is 1. The number of ether oxygens (including phenoxy) is 2. The average Bonchev–Trinajstić information content (AvgIpc) is 3.24. The molecule has 0 bridgehead atoms. The van der Waals surface area contributed by atoms with E-state index in [1.54, 1.807) is 4.68 Å². The fraction of sp³-hybridized carbons (Fsp3) is 0.235. The molecular weight excluding hydrogens is 306 g/mol. The number of fused-ring (bicyclic) bond motifs is 1. The van der Waals surface area contributed by atoms with Gasteiger partial charge in [0.15, 0.2) is 17.3 Å². The molecule has 7 nitrogen and oxygen atoms in total. The lowest BCUT2D eigenvalue weighted by Crippen LogP contribution is -2.08. The Morgan fingerprint density at radius 1 is 1.08 bits per heavy atom. The van der Waals surface area contributed by atoms with Gasteiger partial charge in [0.1, 0.15) is 5.82 Å². The predicted octanol–water partition coefficient (Wildman–Crippen LogP) is 2.35. The molecule has 0 atom stereocenters. The van der Waals surface area contributed by atoms with Crippen LogP contribution in [0.3, 0.4) is 0 Å². The Bertz CT molecular complexity index is 844. The molecule has 1 aliphatic heterocycles. The summed E-state index contributed by atoms with van der Waals surface area (Å²) in [6.45, 7) is 3.00. The first-order valence-corrected chi connectivity index (χ1v) is 7.77. The molecule has 122 valence electrons. The maximum Gasteiger partial charge on any atom is 0.231 e. The number of aromatic nitrogens is 4. The minimum atomic E-state index is 0.300. The molecule has 0 saturated heterocycles. The molecule has 3 aromatic rings. The highest BCUT2D eigenvalue weighted by atomic mass is 16.7. The molecule has 7 heteroatoms. The summed E-state index contributed by atoms with van der Waals surface area (Å²) in [6, 6.07) is 11.7. The monoisotopic (exact) mass is 323 g/mol. The standard InChI is InChI=1S/C17H17N5O2/c1-12-7-9-22(21-12)17-5-4-16(19-20-17)18-8-6-13-2-3-14-15(10-13)24-11-23-14/h2-5,7,9-10H,6,8,11H2,1H3,(H,18,19). The number of nitrogens with one attached hydrogen (secondary N) is 1. The van der Waals surface area contributed by atoms with Gasteiger partial charge in [-0.1, -0.05) is 6.07 Å². The minimum Gasteiger partial charge on any atom is -0.454 e. The zero-order valence-electron chi connectivity index (χ0n) is 13.3. The summed E-state index contributed by atoms with van der Waals surface area (Å²) in [5, 5.41) is 16.0. The van der Waals surface area contributed by atoms with Gasteiger partial charge < -0.3 is 14.8 Å². The fourth-order valence-corrected chi connectivity index (χ4v) is 2.52. The van der Waals surface area contributed by atoms with Gasteiger partial charge in [-0.15, -0.1) is 10.2 Å². The van der Waals surface area contributed by atoms with Gasteiger partial charge in [-0.3, -0.25) is 0 Å². The summed E-state index contributed by atoms with van der Waals surface area (Å²) in [5.74, 6) is 3.06. The van der Waals surface area contributed by atoms with Gasteiger partial charge in [0, 0.05) is 12.7 Å². The van der Waals surface area contributed by atoms with Crippen molar-refractivity contribution < 1.29 is 9.47 Å². The Morgan fingerprint density at radius 3 is 2.79 bits per heavy atom. The van der Waals surface area contributed by atoms with Gasteiger partial charge in [-0.05, 0) is 49.2 Å². The first-order valence-electron chi connectivity index (χ1n) is 7.77. The zero-order chi connectivity index (χ0) is 16.4. The molecule has 1 N–H and O–H groups in total. The lowest BCUT2D eigenvalue weighted by molar-refractivity contribution is 0.174. The highest BCUT2D eigenvalue weighted by Gasteiger charge is 2.12. The highest BCUT2D eigenvalue weighted by molar-refractivity contribution is 5.45. The summed E-state index contributed by atoms with van der Waals surface area (Å²) in [5.41, 5.74) is 2.13. The topological polar surface area (TPSA) is 74.1 Å². The summed E-state index contributed by atoms with van der Waals surface area (Å²) < 4.78 is 12.4. The van der Waals surface area contributed by atoms with E-state index in [0.717, 1.165) is 36.0 Å². The number of hydrogen-bond acceptors (Lipinski definition) is 6. The Balaban J connectivity index is 1.34. The van der Waals surface area contributed by atoms with E-state index >= 15 is 0 Å². The van der Waals surface area contributed by atoms with Crippen molar-refractivity contribution >= 4 is 5.82 Å². The summed E-state index contributed by atoms with van der Waals surface area (Å²) in [7, 11) is 0. The largest absolute Gasteiger partial charge is 0.454 e. The van der Waals surface area contributed by atoms with Gasteiger partial charge >= 0.3 is 0 Å². The average molecular weight is 323 g/mol. The third kappa shape index (κ3) is 3.01. The molecule has 0 unspecified atom stereocenters. The number of anilines is 1. The van der Waals surface area contributed by atoms with Crippen LogP contribution in [-0.4, -0.2) is 33.3 Å². The molecule has 0 amide bonds. The molecule has 0 fully saturated rings. The maximum absolute atomic E-state index is 5.39. The molecule has 1 aromatic carbocycles. The van der Waals surface area contributed by atoms with Crippen LogP contribution in [0.25, 0.3) is 5.82 Å². The first-order chi connectivity index (χ1) is 11.8. The van der Waals surface area contributed by atoms with Crippen LogP contribution in [0.4, 0.5) is 5.82 Å². The fourth-order valence-electron chi connectivity index (χ4n) is 2.52. The van der Waals surface area contributed by atoms with Crippen LogP contribution in [0.1, 0.15) is 11.3 Å². The van der Waals surface area contributed by atoms with Crippen molar-refractivity contribution in [3.05, 3.63) is 53.9 Å². The number of rotatable bonds is 5. The quantitative estimate of drug-likeness (QED) is 0.777. The van der Waals surface area contributed by atoms with E-state index < -0.39 is 0 Å². The van der Waals surface area contributed by atoms with E-state index in [1.807, 2.05) is 49.5 Å². The maximum atomic E-state index is 5.39. The van der Waals surface area contributed by atoms with Gasteiger partial charge in [-0.2, -0.15) is 5.10 Å². The van der Waals surface area contributed by atoms with Crippen molar-refractivity contribution in [1.82, 2.24) is 20.0 Å². The van der Waals surface area contributed by atoms with Crippen molar-refractivity contribution in [3.8, 4) is 17.3 Å². The molecular formula is C17H17N5O2. The lowest BCUT2D eigenvalue weighted by atomic mass is 10.1. The van der Waals surface area contributed by atoms with Crippen LogP contribution in [0.15, 0.2) is 42.6 Å². The van der Waals surface area contributed by atoms with Crippen molar-refractivity contribution in [2.45, 2.75) is 13.3 Å². The van der Waals surface area contributed by atoms with Crippen LogP contribution >= 0.6 is 0 Å². The van der Waals surface area contributed by atoms with Crippen molar-refractivity contribution in [3.63, 3.8) is 0 Å². The van der Waals surface area contributed by atoms with Gasteiger partial charge in [-0.25, -0.2) is 4.68 Å². The molecule has 0 spiro atoms. The number of aryl methyl sites for hydroxylation is 1. The molecule has 0 saturated carbocycles. The van der Waals surface area contributed by atoms with Crippen LogP contribution in [-0.2, 0) is 6.42 Å². The lowest BCUT2D eigenvalue weighted by Gasteiger charge is -2.06. The Morgan fingerprint density at radius 2 is 2.00 bits per heavy atom. The second kappa shape index (κ2) is 6.19. The Kier molecular flexibility index (Phi) is 3.74. The molecule has 0 radical (unpaired) electrons. The molecule has 1 aliphatic rings. The Hall–Kier alpha value is -3.09. The number of benzene rings is 1. The minimum absolute atomic E-state index is 0.300. The molecule has 4 rings (SSSR count). The van der Waals surface area contributed by atoms with Crippen LogP contribution in [0.5, 0.6) is 11.5 Å². The highest BCUT2D eigenvalue weighted by Crippen LogP contribution is 2.32. The van der Waals surface area contributed by atoms with Crippen molar-refractivity contribution in [1.29, 1.82) is 0 Å². The summed E-state index contributed by atoms with van der Waals surface area (Å²) >= 11 is 0. The summed E-state index contributed by atoms with van der Waals surface area (Å²) in [4.78, 5) is 0. The molecule has 24 heavy (non-hydrogen) atoms. The molecule has 3 heterocycles. The van der Waals surface area contributed by atoms with Gasteiger partial charge in [0.2, 0.25) is 6.79 Å². The third-order valence-corrected chi connectivity index (χ3v) is 3.76. The number of nitrogens with zero attached hydrogens (tertiary/aromatic N) is 4. The normalized spacial score (nSPS) is 12.4. The second-order valence-corrected chi connectivity index (χ2v) is 5.54. The van der Waals surface area contributed by atoms with E-state index in [-0.39, 0.29) is 0 Å². The van der Waals surface area contributed by atoms with Crippen molar-refractivity contribution in [2.75, 3.05) is 18.7 Å². The predicted molar refractivity (Wildman–Crippen MR) is 88.6 cm³/mol. The third-order valence-electron chi connectivity index (χ3n) is 3.76. The SMILES string of the molecule is Cc1ccn(-c2ccc(NCCc3ccc4c(c3)OCO4)nn2)n1. The van der Waals surface area contributed by atoms with E-state index in [2.05, 4.69) is 20.6 Å². The van der Waals surface area contributed by atoms with Crippen LogP contribution in [0, 0.1) is 6.92 Å². The van der Waals surface area contributed by atoms with Gasteiger partial charge in [0.25, 0.3) is 0 Å². The van der Waals surface area contributed by atoms with Crippen molar-refractivity contribution in [2.24, 2.45) is 0 Å². The smallest absolute Gasteiger partial charge is 0.231 e. The zero-order valence-corrected chi connectivity index (χ0v) is 13.3. The summed E-state index contributed by atoms with van der Waals surface area (Å²) in [6.07, 6.45) is 2.73. The second-order valence-electron chi connectivity index (χ2n) is 5.54. The van der Waals surface area contributed by atoms with E-state index in [0.29, 0.717) is 12.6 Å². The first kappa shape index (κ1) is 14.5. The Labute approximate surface area is 139 Å². The van der Waals surface area contributed by atoms with E-state index in [1.165, 1.54) is 5.56 Å². The molecule has 2 aromatic heterocycles. The molecule has 0 aliphatic carbocycles. The van der Waals surface area contributed by atoms with E-state index in [4.69, 9.17) is 9.47 Å². The van der Waals surface area contributed by atoms with E-state index in [9.17, 15) is 0 Å².